The van der Waals surface area contributed by atoms with E-state index in [4.69, 9.17) is 9.47 Å². The second kappa shape index (κ2) is 9.45. The summed E-state index contributed by atoms with van der Waals surface area (Å²) in [7, 11) is 3.44. The van der Waals surface area contributed by atoms with Crippen LogP contribution in [0.1, 0.15) is 35.6 Å². The maximum atomic E-state index is 5.56. The van der Waals surface area contributed by atoms with Crippen LogP contribution in [-0.4, -0.2) is 14.2 Å². The van der Waals surface area contributed by atoms with Crippen molar-refractivity contribution in [3.63, 3.8) is 0 Å². The van der Waals surface area contributed by atoms with Crippen molar-refractivity contribution in [3.8, 4) is 22.6 Å². The minimum absolute atomic E-state index is 0.915. The second-order valence-electron chi connectivity index (χ2n) is 7.28. The lowest BCUT2D eigenvalue weighted by atomic mass is 9.98. The van der Waals surface area contributed by atoms with Gasteiger partial charge in [0.15, 0.2) is 0 Å². The van der Waals surface area contributed by atoms with Crippen LogP contribution < -0.4 is 9.47 Å². The molecule has 0 fully saturated rings. The zero-order valence-electron chi connectivity index (χ0n) is 17.4. The number of ether oxygens (including phenoxy) is 2. The summed E-state index contributed by atoms with van der Waals surface area (Å²) in [5.74, 6) is 1.85. The van der Waals surface area contributed by atoms with Crippen LogP contribution >= 0.6 is 0 Å². The van der Waals surface area contributed by atoms with E-state index < -0.39 is 0 Å². The Kier molecular flexibility index (Phi) is 6.76. The Morgan fingerprint density at radius 2 is 1.18 bits per heavy atom. The molecule has 2 nitrogen and oxygen atoms in total. The molecule has 0 heterocycles. The number of hydrogen-bond donors (Lipinski definition) is 0. The van der Waals surface area contributed by atoms with Gasteiger partial charge in [0.05, 0.1) is 14.2 Å². The minimum atomic E-state index is 0.915. The molecule has 0 aliphatic heterocycles. The second-order valence-corrected chi connectivity index (χ2v) is 7.28. The van der Waals surface area contributed by atoms with Crippen LogP contribution in [0.3, 0.4) is 0 Å². The number of hydrogen-bond acceptors (Lipinski definition) is 2. The highest BCUT2D eigenvalue weighted by atomic mass is 16.5. The minimum Gasteiger partial charge on any atom is -0.496 e. The van der Waals surface area contributed by atoms with Gasteiger partial charge in [-0.1, -0.05) is 61.9 Å². The summed E-state index contributed by atoms with van der Waals surface area (Å²) in [6, 6.07) is 22.0. The van der Waals surface area contributed by atoms with Crippen molar-refractivity contribution in [2.75, 3.05) is 14.2 Å². The molecule has 0 saturated heterocycles. The highest BCUT2D eigenvalue weighted by Crippen LogP contribution is 2.29. The van der Waals surface area contributed by atoms with E-state index in [0.717, 1.165) is 36.3 Å². The van der Waals surface area contributed by atoms with Crippen LogP contribution in [0, 0.1) is 6.92 Å². The summed E-state index contributed by atoms with van der Waals surface area (Å²) in [6.45, 7) is 4.26. The highest BCUT2D eigenvalue weighted by Gasteiger charge is 2.09. The SMILES string of the molecule is CCCc1ccc(-c2ccc(CCc3cc(OC)c(C)cc3OC)cc2)cc1. The fraction of sp³-hybridized carbons (Fsp3) is 0.308. The smallest absolute Gasteiger partial charge is 0.122 e. The van der Waals surface area contributed by atoms with E-state index in [1.807, 2.05) is 6.92 Å². The van der Waals surface area contributed by atoms with Gasteiger partial charge in [0.2, 0.25) is 0 Å². The Morgan fingerprint density at radius 1 is 0.643 bits per heavy atom. The molecular formula is C26H30O2. The molecule has 2 heteroatoms. The van der Waals surface area contributed by atoms with E-state index in [1.165, 1.54) is 34.2 Å². The third kappa shape index (κ3) is 4.75. The Hall–Kier alpha value is -2.74. The Balaban J connectivity index is 1.69. The number of methoxy groups -OCH3 is 2. The van der Waals surface area contributed by atoms with Gasteiger partial charge in [-0.25, -0.2) is 0 Å². The lowest BCUT2D eigenvalue weighted by Crippen LogP contribution is -1.98. The lowest BCUT2D eigenvalue weighted by molar-refractivity contribution is 0.396. The third-order valence-electron chi connectivity index (χ3n) is 5.26. The van der Waals surface area contributed by atoms with Gasteiger partial charge >= 0.3 is 0 Å². The van der Waals surface area contributed by atoms with Gasteiger partial charge < -0.3 is 9.47 Å². The van der Waals surface area contributed by atoms with Crippen LogP contribution in [0.2, 0.25) is 0 Å². The molecule has 0 radical (unpaired) electrons. The van der Waals surface area contributed by atoms with Gasteiger partial charge in [-0.2, -0.15) is 0 Å². The topological polar surface area (TPSA) is 18.5 Å². The van der Waals surface area contributed by atoms with Gasteiger partial charge in [-0.3, -0.25) is 0 Å². The first-order valence-corrected chi connectivity index (χ1v) is 10.0. The van der Waals surface area contributed by atoms with Crippen molar-refractivity contribution >= 4 is 0 Å². The summed E-state index contributed by atoms with van der Waals surface area (Å²) >= 11 is 0. The van der Waals surface area contributed by atoms with Gasteiger partial charge in [0.25, 0.3) is 0 Å². The fourth-order valence-corrected chi connectivity index (χ4v) is 3.60. The summed E-state index contributed by atoms with van der Waals surface area (Å²) in [6.07, 6.45) is 4.22. The first-order valence-electron chi connectivity index (χ1n) is 10.0. The predicted molar refractivity (Wildman–Crippen MR) is 118 cm³/mol. The van der Waals surface area contributed by atoms with Gasteiger partial charge in [-0.15, -0.1) is 0 Å². The molecule has 28 heavy (non-hydrogen) atoms. The molecule has 0 atom stereocenters. The molecule has 0 spiro atoms. The van der Waals surface area contributed by atoms with E-state index in [0.29, 0.717) is 0 Å². The monoisotopic (exact) mass is 374 g/mol. The zero-order chi connectivity index (χ0) is 19.9. The van der Waals surface area contributed by atoms with E-state index in [9.17, 15) is 0 Å². The molecule has 0 unspecified atom stereocenters. The van der Waals surface area contributed by atoms with Crippen molar-refractivity contribution in [1.82, 2.24) is 0 Å². The van der Waals surface area contributed by atoms with E-state index in [2.05, 4.69) is 67.6 Å². The van der Waals surface area contributed by atoms with E-state index >= 15 is 0 Å². The summed E-state index contributed by atoms with van der Waals surface area (Å²) in [5.41, 5.74) is 7.55. The predicted octanol–water partition coefficient (Wildman–Crippen LogP) is 6.42. The van der Waals surface area contributed by atoms with Crippen LogP contribution in [0.15, 0.2) is 60.7 Å². The number of rotatable bonds is 8. The van der Waals surface area contributed by atoms with Crippen LogP contribution in [0.25, 0.3) is 11.1 Å². The maximum Gasteiger partial charge on any atom is 0.122 e. The van der Waals surface area contributed by atoms with Gasteiger partial charge in [0, 0.05) is 0 Å². The van der Waals surface area contributed by atoms with E-state index in [1.54, 1.807) is 14.2 Å². The molecule has 3 aromatic rings. The zero-order valence-corrected chi connectivity index (χ0v) is 17.4. The van der Waals surface area contributed by atoms with Crippen LogP contribution in [0.5, 0.6) is 11.5 Å². The number of aryl methyl sites for hydroxylation is 4. The largest absolute Gasteiger partial charge is 0.496 e. The van der Waals surface area contributed by atoms with Crippen LogP contribution in [0.4, 0.5) is 0 Å². The summed E-state index contributed by atoms with van der Waals surface area (Å²) in [4.78, 5) is 0. The Labute approximate surface area is 169 Å². The van der Waals surface area contributed by atoms with E-state index in [-0.39, 0.29) is 0 Å². The average Bonchev–Trinajstić information content (AvgIpc) is 2.74. The fourth-order valence-electron chi connectivity index (χ4n) is 3.60. The normalized spacial score (nSPS) is 10.7. The maximum absolute atomic E-state index is 5.56. The molecule has 0 amide bonds. The Bertz CT molecular complexity index is 893. The summed E-state index contributed by atoms with van der Waals surface area (Å²) in [5, 5.41) is 0. The van der Waals surface area contributed by atoms with Crippen molar-refractivity contribution in [2.24, 2.45) is 0 Å². The quantitative estimate of drug-likeness (QED) is 0.453. The molecule has 0 bridgehead atoms. The first kappa shape index (κ1) is 20.0. The molecule has 146 valence electrons. The lowest BCUT2D eigenvalue weighted by Gasteiger charge is -2.13. The Morgan fingerprint density at radius 3 is 1.68 bits per heavy atom. The first-order chi connectivity index (χ1) is 13.6. The molecule has 3 aromatic carbocycles. The van der Waals surface area contributed by atoms with Crippen molar-refractivity contribution in [1.29, 1.82) is 0 Å². The molecule has 3 rings (SSSR count). The molecule has 0 aliphatic rings. The van der Waals surface area contributed by atoms with Crippen molar-refractivity contribution in [3.05, 3.63) is 82.9 Å². The standard InChI is InChI=1S/C26H30O2/c1-5-6-20-7-12-22(13-8-20)23-14-9-21(10-15-23)11-16-24-18-25(27-3)19(2)17-26(24)28-4/h7-10,12-15,17-18H,5-6,11,16H2,1-4H3. The van der Waals surface area contributed by atoms with Crippen molar-refractivity contribution in [2.45, 2.75) is 39.5 Å². The molecule has 0 aromatic heterocycles. The average molecular weight is 375 g/mol. The molecule has 0 saturated carbocycles. The molecule has 0 aliphatic carbocycles. The van der Waals surface area contributed by atoms with Crippen LogP contribution in [-0.2, 0) is 19.3 Å². The van der Waals surface area contributed by atoms with Crippen molar-refractivity contribution < 1.29 is 9.47 Å². The molecule has 0 N–H and O–H groups in total. The highest BCUT2D eigenvalue weighted by molar-refractivity contribution is 5.64. The summed E-state index contributed by atoms with van der Waals surface area (Å²) < 4.78 is 11.0. The third-order valence-corrected chi connectivity index (χ3v) is 5.26. The van der Waals surface area contributed by atoms with Gasteiger partial charge in [0.1, 0.15) is 11.5 Å². The molecular weight excluding hydrogens is 344 g/mol. The van der Waals surface area contributed by atoms with Gasteiger partial charge in [-0.05, 0) is 71.7 Å². The number of benzene rings is 3.